The molecule has 2 aromatic rings. The number of hydrogen-bond acceptors (Lipinski definition) is 2. The Morgan fingerprint density at radius 1 is 1.35 bits per heavy atom. The molecule has 20 heavy (non-hydrogen) atoms. The molecule has 0 spiro atoms. The number of rotatable bonds is 1. The standard InChI is InChI=1S/C16H19FN2O/c1-20-15-7-12-11-4-6-19-5-2-3-10(9-19)16(11)18-14(12)8-13(15)17/h7-8,10,18H,2-6,9H2,1H3. The first-order valence-electron chi connectivity index (χ1n) is 7.36. The predicted molar refractivity (Wildman–Crippen MR) is 76.9 cm³/mol. The monoisotopic (exact) mass is 274 g/mol. The van der Waals surface area contributed by atoms with Gasteiger partial charge in [0, 0.05) is 41.7 Å². The Bertz CT molecular complexity index is 664. The van der Waals surface area contributed by atoms with Crippen molar-refractivity contribution in [3.05, 3.63) is 29.2 Å². The summed E-state index contributed by atoms with van der Waals surface area (Å²) in [5.74, 6) is 0.621. The van der Waals surface area contributed by atoms with Crippen molar-refractivity contribution in [2.75, 3.05) is 26.7 Å². The molecule has 0 aliphatic carbocycles. The Labute approximate surface area is 117 Å². The van der Waals surface area contributed by atoms with Crippen LogP contribution in [0.2, 0.25) is 0 Å². The first kappa shape index (κ1) is 12.2. The fourth-order valence-corrected chi connectivity index (χ4v) is 3.81. The molecule has 1 saturated heterocycles. The fraction of sp³-hybridized carbons (Fsp3) is 0.500. The molecule has 2 atom stereocenters. The summed E-state index contributed by atoms with van der Waals surface area (Å²) in [6, 6.07) is 3.42. The molecular formula is C16H19FN2O. The highest BCUT2D eigenvalue weighted by Gasteiger charge is 2.29. The highest BCUT2D eigenvalue weighted by molar-refractivity contribution is 5.86. The van der Waals surface area contributed by atoms with Gasteiger partial charge in [0.05, 0.1) is 7.11 Å². The molecule has 3 heterocycles. The Balaban J connectivity index is 1.90. The smallest absolute Gasteiger partial charge is 0.167 e. The van der Waals surface area contributed by atoms with Crippen LogP contribution in [0.4, 0.5) is 4.39 Å². The molecule has 1 aromatic heterocycles. The number of halogens is 1. The number of hydrogen-bond donors (Lipinski definition) is 1. The average Bonchev–Trinajstić information content (AvgIpc) is 2.76. The van der Waals surface area contributed by atoms with Crippen LogP contribution in [0.3, 0.4) is 0 Å². The zero-order chi connectivity index (χ0) is 13.7. The second-order valence-electron chi connectivity index (χ2n) is 5.94. The molecular weight excluding hydrogens is 255 g/mol. The van der Waals surface area contributed by atoms with Gasteiger partial charge in [0.15, 0.2) is 11.6 Å². The molecule has 0 radical (unpaired) electrons. The number of fused-ring (bicyclic) bond motifs is 6. The molecule has 4 heteroatoms. The third-order valence-corrected chi connectivity index (χ3v) is 4.80. The third-order valence-electron chi connectivity index (χ3n) is 4.80. The number of benzene rings is 1. The fourth-order valence-electron chi connectivity index (χ4n) is 3.81. The van der Waals surface area contributed by atoms with Gasteiger partial charge < -0.3 is 14.6 Å². The molecule has 2 aliphatic heterocycles. The predicted octanol–water partition coefficient (Wildman–Crippen LogP) is 3.05. The second-order valence-corrected chi connectivity index (χ2v) is 5.94. The summed E-state index contributed by atoms with van der Waals surface area (Å²) in [5, 5.41) is 1.13. The minimum Gasteiger partial charge on any atom is -0.494 e. The highest BCUT2D eigenvalue weighted by Crippen LogP contribution is 2.37. The van der Waals surface area contributed by atoms with Crippen LogP contribution < -0.4 is 4.74 Å². The van der Waals surface area contributed by atoms with Crippen LogP contribution in [0, 0.1) is 5.82 Å². The molecule has 2 bridgehead atoms. The summed E-state index contributed by atoms with van der Waals surface area (Å²) in [7, 11) is 1.52. The van der Waals surface area contributed by atoms with E-state index >= 15 is 0 Å². The minimum atomic E-state index is -0.290. The zero-order valence-electron chi connectivity index (χ0n) is 11.7. The van der Waals surface area contributed by atoms with Crippen LogP contribution in [0.15, 0.2) is 12.1 Å². The highest BCUT2D eigenvalue weighted by atomic mass is 19.1. The van der Waals surface area contributed by atoms with Gasteiger partial charge >= 0.3 is 0 Å². The molecule has 4 rings (SSSR count). The van der Waals surface area contributed by atoms with E-state index in [-0.39, 0.29) is 5.82 Å². The second kappa shape index (κ2) is 4.48. The lowest BCUT2D eigenvalue weighted by Gasteiger charge is -2.29. The third kappa shape index (κ3) is 1.74. The van der Waals surface area contributed by atoms with Gasteiger partial charge in [-0.15, -0.1) is 0 Å². The van der Waals surface area contributed by atoms with Crippen LogP contribution in [0.25, 0.3) is 10.9 Å². The SMILES string of the molecule is COc1cc2c3c([nH]c2cc1F)C1CCCN(CC3)C1. The number of nitrogens with one attached hydrogen (secondary N) is 1. The van der Waals surface area contributed by atoms with Crippen molar-refractivity contribution < 1.29 is 9.13 Å². The molecule has 3 nitrogen and oxygen atoms in total. The Kier molecular flexibility index (Phi) is 2.74. The lowest BCUT2D eigenvalue weighted by molar-refractivity contribution is 0.217. The molecule has 0 amide bonds. The van der Waals surface area contributed by atoms with Crippen LogP contribution >= 0.6 is 0 Å². The molecule has 1 N–H and O–H groups in total. The van der Waals surface area contributed by atoms with Gasteiger partial charge in [-0.1, -0.05) is 0 Å². The van der Waals surface area contributed by atoms with E-state index in [1.165, 1.54) is 37.8 Å². The number of aromatic amines is 1. The van der Waals surface area contributed by atoms with Gasteiger partial charge in [0.25, 0.3) is 0 Å². The summed E-state index contributed by atoms with van der Waals surface area (Å²) in [4.78, 5) is 6.03. The number of aromatic nitrogens is 1. The van der Waals surface area contributed by atoms with Crippen molar-refractivity contribution in [1.82, 2.24) is 9.88 Å². The number of piperidine rings is 1. The Morgan fingerprint density at radius 3 is 3.10 bits per heavy atom. The van der Waals surface area contributed by atoms with E-state index in [2.05, 4.69) is 9.88 Å². The first-order chi connectivity index (χ1) is 9.76. The largest absolute Gasteiger partial charge is 0.494 e. The van der Waals surface area contributed by atoms with Crippen molar-refractivity contribution >= 4 is 10.9 Å². The van der Waals surface area contributed by atoms with E-state index in [0.29, 0.717) is 11.7 Å². The summed E-state index contributed by atoms with van der Waals surface area (Å²) >= 11 is 0. The van der Waals surface area contributed by atoms with E-state index in [1.807, 2.05) is 6.07 Å². The molecule has 2 unspecified atom stereocenters. The van der Waals surface area contributed by atoms with Gasteiger partial charge in [-0.2, -0.15) is 0 Å². The Morgan fingerprint density at radius 2 is 2.25 bits per heavy atom. The van der Waals surface area contributed by atoms with Gasteiger partial charge in [0.1, 0.15) is 0 Å². The molecule has 106 valence electrons. The van der Waals surface area contributed by atoms with Crippen molar-refractivity contribution in [3.8, 4) is 5.75 Å². The normalized spacial score (nSPS) is 25.3. The number of methoxy groups -OCH3 is 1. The Hall–Kier alpha value is -1.55. The van der Waals surface area contributed by atoms with Crippen LogP contribution in [-0.4, -0.2) is 36.6 Å². The van der Waals surface area contributed by atoms with Gasteiger partial charge in [-0.25, -0.2) is 4.39 Å². The molecule has 1 fully saturated rings. The topological polar surface area (TPSA) is 28.3 Å². The lowest BCUT2D eigenvalue weighted by atomic mass is 9.93. The van der Waals surface area contributed by atoms with Crippen LogP contribution in [0.5, 0.6) is 5.75 Å². The summed E-state index contributed by atoms with van der Waals surface area (Å²) in [5.41, 5.74) is 3.61. The van der Waals surface area contributed by atoms with E-state index in [1.54, 1.807) is 6.07 Å². The summed E-state index contributed by atoms with van der Waals surface area (Å²) in [6.45, 7) is 3.46. The van der Waals surface area contributed by atoms with Crippen molar-refractivity contribution in [2.24, 2.45) is 0 Å². The minimum absolute atomic E-state index is 0.290. The molecule has 0 saturated carbocycles. The maximum absolute atomic E-state index is 13.9. The first-order valence-corrected chi connectivity index (χ1v) is 7.36. The van der Waals surface area contributed by atoms with Crippen LogP contribution in [0.1, 0.15) is 30.0 Å². The quantitative estimate of drug-likeness (QED) is 0.865. The van der Waals surface area contributed by atoms with E-state index in [0.717, 1.165) is 30.4 Å². The average molecular weight is 274 g/mol. The van der Waals surface area contributed by atoms with Crippen molar-refractivity contribution in [1.29, 1.82) is 0 Å². The van der Waals surface area contributed by atoms with Crippen LogP contribution in [-0.2, 0) is 6.42 Å². The zero-order valence-corrected chi connectivity index (χ0v) is 11.7. The van der Waals surface area contributed by atoms with Crippen molar-refractivity contribution in [3.63, 3.8) is 0 Å². The number of H-pyrrole nitrogens is 1. The summed E-state index contributed by atoms with van der Waals surface area (Å²) in [6.07, 6.45) is 3.54. The van der Waals surface area contributed by atoms with E-state index in [4.69, 9.17) is 4.74 Å². The molecule has 2 aliphatic rings. The number of nitrogens with zero attached hydrogens (tertiary/aromatic N) is 1. The van der Waals surface area contributed by atoms with Gasteiger partial charge in [-0.05, 0) is 37.4 Å². The van der Waals surface area contributed by atoms with E-state index in [9.17, 15) is 4.39 Å². The maximum atomic E-state index is 13.9. The lowest BCUT2D eigenvalue weighted by Crippen LogP contribution is -2.33. The van der Waals surface area contributed by atoms with Gasteiger partial charge in [-0.3, -0.25) is 0 Å². The van der Waals surface area contributed by atoms with Gasteiger partial charge in [0.2, 0.25) is 0 Å². The molecule has 1 aromatic carbocycles. The van der Waals surface area contributed by atoms with Crippen molar-refractivity contribution in [2.45, 2.75) is 25.2 Å². The maximum Gasteiger partial charge on any atom is 0.167 e. The number of ether oxygens (including phenoxy) is 1. The summed E-state index contributed by atoms with van der Waals surface area (Å²) < 4.78 is 19.0. The van der Waals surface area contributed by atoms with E-state index < -0.39 is 0 Å².